The summed E-state index contributed by atoms with van der Waals surface area (Å²) in [6, 6.07) is 10.2. The zero-order chi connectivity index (χ0) is 13.9. The van der Waals surface area contributed by atoms with E-state index in [0.29, 0.717) is 6.61 Å². The van der Waals surface area contributed by atoms with Gasteiger partial charge < -0.3 is 4.74 Å². The van der Waals surface area contributed by atoms with E-state index in [9.17, 15) is 0 Å². The van der Waals surface area contributed by atoms with Crippen LogP contribution in [-0.4, -0.2) is 35.0 Å². The summed E-state index contributed by atoms with van der Waals surface area (Å²) in [6.07, 6.45) is 1.99. The van der Waals surface area contributed by atoms with Gasteiger partial charge in [0.15, 0.2) is 0 Å². The summed E-state index contributed by atoms with van der Waals surface area (Å²) in [5, 5.41) is -0.00355. The molecule has 1 aromatic rings. The lowest BCUT2D eigenvalue weighted by Gasteiger charge is -2.32. The van der Waals surface area contributed by atoms with Crippen molar-refractivity contribution < 1.29 is 4.74 Å². The van der Waals surface area contributed by atoms with Crippen LogP contribution in [0.15, 0.2) is 43.0 Å². The molecule has 0 radical (unpaired) electrons. The summed E-state index contributed by atoms with van der Waals surface area (Å²) < 4.78 is 6.01. The molecule has 1 fully saturated rings. The van der Waals surface area contributed by atoms with Gasteiger partial charge in [-0.25, -0.2) is 0 Å². The van der Waals surface area contributed by atoms with Crippen LogP contribution in [0.4, 0.5) is 0 Å². The topological polar surface area (TPSA) is 12.5 Å². The van der Waals surface area contributed by atoms with Crippen LogP contribution in [-0.2, 0) is 11.3 Å². The van der Waals surface area contributed by atoms with Gasteiger partial charge in [-0.2, -0.15) is 0 Å². The van der Waals surface area contributed by atoms with Crippen LogP contribution in [0.1, 0.15) is 19.4 Å². The summed E-state index contributed by atoms with van der Waals surface area (Å²) in [5.41, 5.74) is 1.13. The molecular formula is C16H22ClNO. The molecule has 1 aliphatic rings. The molecule has 0 amide bonds. The van der Waals surface area contributed by atoms with E-state index >= 15 is 0 Å². The largest absolute Gasteiger partial charge is 0.371 e. The zero-order valence-electron chi connectivity index (χ0n) is 11.7. The number of ether oxygens (including phenoxy) is 1. The average molecular weight is 280 g/mol. The average Bonchev–Trinajstić information content (AvgIpc) is 2.62. The Kier molecular flexibility index (Phi) is 4.67. The molecule has 2 rings (SSSR count). The molecule has 1 heterocycles. The predicted molar refractivity (Wildman–Crippen MR) is 80.5 cm³/mol. The Morgan fingerprint density at radius 2 is 2.11 bits per heavy atom. The third-order valence-corrected chi connectivity index (χ3v) is 4.69. The molecule has 0 unspecified atom stereocenters. The molecule has 19 heavy (non-hydrogen) atoms. The molecule has 1 saturated heterocycles. The molecule has 0 spiro atoms. The highest BCUT2D eigenvalue weighted by Crippen LogP contribution is 2.35. The molecule has 0 saturated carbocycles. The van der Waals surface area contributed by atoms with Gasteiger partial charge in [0.25, 0.3) is 0 Å². The summed E-state index contributed by atoms with van der Waals surface area (Å²) >= 11 is 6.57. The van der Waals surface area contributed by atoms with E-state index in [-0.39, 0.29) is 17.0 Å². The number of hydrogen-bond acceptors (Lipinski definition) is 2. The molecular weight excluding hydrogens is 258 g/mol. The van der Waals surface area contributed by atoms with Gasteiger partial charge in [-0.3, -0.25) is 4.90 Å². The lowest BCUT2D eigenvalue weighted by molar-refractivity contribution is 0.0490. The first-order chi connectivity index (χ1) is 9.05. The second kappa shape index (κ2) is 6.08. The fourth-order valence-corrected chi connectivity index (χ4v) is 2.85. The van der Waals surface area contributed by atoms with Crippen LogP contribution < -0.4 is 0 Å². The number of benzene rings is 1. The van der Waals surface area contributed by atoms with Gasteiger partial charge in [-0.05, 0) is 19.4 Å². The number of rotatable bonds is 5. The molecule has 2 nitrogen and oxygen atoms in total. The minimum Gasteiger partial charge on any atom is -0.371 e. The van der Waals surface area contributed by atoms with Crippen LogP contribution >= 0.6 is 11.6 Å². The normalized spacial score (nSPS) is 26.5. The summed E-state index contributed by atoms with van der Waals surface area (Å²) in [4.78, 5) is 2.33. The Morgan fingerprint density at radius 3 is 2.74 bits per heavy atom. The van der Waals surface area contributed by atoms with E-state index in [2.05, 4.69) is 37.5 Å². The highest BCUT2D eigenvalue weighted by Gasteiger charge is 2.46. The summed E-state index contributed by atoms with van der Waals surface area (Å²) in [7, 11) is 0. The number of hydrogen-bond donors (Lipinski definition) is 0. The fraction of sp³-hybridized carbons (Fsp3) is 0.500. The molecule has 1 aromatic carbocycles. The van der Waals surface area contributed by atoms with Gasteiger partial charge in [-0.1, -0.05) is 36.4 Å². The smallest absolute Gasteiger partial charge is 0.0887 e. The maximum atomic E-state index is 6.57. The Morgan fingerprint density at radius 1 is 1.42 bits per heavy atom. The molecule has 3 heteroatoms. The van der Waals surface area contributed by atoms with Crippen molar-refractivity contribution in [1.29, 1.82) is 0 Å². The highest BCUT2D eigenvalue weighted by molar-refractivity contribution is 6.22. The minimum absolute atomic E-state index is 0.00355. The maximum absolute atomic E-state index is 6.57. The monoisotopic (exact) mass is 279 g/mol. The Hall–Kier alpha value is -0.830. The second-order valence-electron chi connectivity index (χ2n) is 5.58. The Balaban J connectivity index is 1.96. The molecule has 1 aliphatic heterocycles. The lowest BCUT2D eigenvalue weighted by atomic mass is 10.0. The van der Waals surface area contributed by atoms with Gasteiger partial charge in [0.05, 0.1) is 18.1 Å². The highest BCUT2D eigenvalue weighted by atomic mass is 35.5. The van der Waals surface area contributed by atoms with Crippen LogP contribution in [0.25, 0.3) is 0 Å². The SMILES string of the molecule is C=CCN1C[C@@H](OCc2ccccc2)[C@@H](Cl)C1(C)C. The van der Waals surface area contributed by atoms with Crippen LogP contribution in [0.2, 0.25) is 0 Å². The zero-order valence-corrected chi connectivity index (χ0v) is 12.4. The van der Waals surface area contributed by atoms with Crippen molar-refractivity contribution >= 4 is 11.6 Å². The van der Waals surface area contributed by atoms with Gasteiger partial charge in [-0.15, -0.1) is 18.2 Å². The third-order valence-electron chi connectivity index (χ3n) is 3.87. The van der Waals surface area contributed by atoms with Crippen molar-refractivity contribution in [2.45, 2.75) is 37.5 Å². The van der Waals surface area contributed by atoms with Crippen molar-refractivity contribution in [3.63, 3.8) is 0 Å². The quantitative estimate of drug-likeness (QED) is 0.605. The maximum Gasteiger partial charge on any atom is 0.0887 e. The van der Waals surface area contributed by atoms with Gasteiger partial charge >= 0.3 is 0 Å². The lowest BCUT2D eigenvalue weighted by Crippen LogP contribution is -2.43. The number of likely N-dealkylation sites (tertiary alicyclic amines) is 1. The van der Waals surface area contributed by atoms with Crippen molar-refractivity contribution in [3.8, 4) is 0 Å². The summed E-state index contributed by atoms with van der Waals surface area (Å²) in [5.74, 6) is 0. The van der Waals surface area contributed by atoms with Crippen molar-refractivity contribution in [2.24, 2.45) is 0 Å². The van der Waals surface area contributed by atoms with E-state index in [1.54, 1.807) is 0 Å². The van der Waals surface area contributed by atoms with Crippen LogP contribution in [0.3, 0.4) is 0 Å². The van der Waals surface area contributed by atoms with Crippen molar-refractivity contribution in [1.82, 2.24) is 4.90 Å². The first-order valence-corrected chi connectivity index (χ1v) is 7.15. The molecule has 0 bridgehead atoms. The minimum atomic E-state index is -0.0584. The second-order valence-corrected chi connectivity index (χ2v) is 6.05. The van der Waals surface area contributed by atoms with E-state index in [4.69, 9.17) is 16.3 Å². The number of alkyl halides is 1. The molecule has 0 aromatic heterocycles. The molecule has 104 valence electrons. The van der Waals surface area contributed by atoms with E-state index in [0.717, 1.165) is 13.1 Å². The van der Waals surface area contributed by atoms with Gasteiger partial charge in [0.1, 0.15) is 0 Å². The predicted octanol–water partition coefficient (Wildman–Crippen LogP) is 3.46. The molecule has 0 N–H and O–H groups in total. The Labute approximate surface area is 121 Å². The van der Waals surface area contributed by atoms with E-state index in [1.807, 2.05) is 24.3 Å². The number of nitrogens with zero attached hydrogens (tertiary/aromatic N) is 1. The standard InChI is InChI=1S/C16H22ClNO/c1-4-10-18-11-14(15(17)16(18,2)3)19-12-13-8-6-5-7-9-13/h4-9,14-15H,1,10-12H2,2-3H3/t14-,15-/m1/s1. The van der Waals surface area contributed by atoms with E-state index in [1.165, 1.54) is 5.56 Å². The fourth-order valence-electron chi connectivity index (χ4n) is 2.55. The van der Waals surface area contributed by atoms with Crippen LogP contribution in [0, 0.1) is 0 Å². The van der Waals surface area contributed by atoms with Crippen LogP contribution in [0.5, 0.6) is 0 Å². The summed E-state index contributed by atoms with van der Waals surface area (Å²) in [6.45, 7) is 10.5. The molecule has 2 atom stereocenters. The number of halogens is 1. The van der Waals surface area contributed by atoms with Crippen molar-refractivity contribution in [2.75, 3.05) is 13.1 Å². The molecule has 0 aliphatic carbocycles. The first-order valence-electron chi connectivity index (χ1n) is 6.71. The third kappa shape index (κ3) is 3.19. The van der Waals surface area contributed by atoms with Crippen molar-refractivity contribution in [3.05, 3.63) is 48.6 Å². The Bertz CT molecular complexity index is 418. The first kappa shape index (κ1) is 14.6. The van der Waals surface area contributed by atoms with E-state index < -0.39 is 0 Å². The van der Waals surface area contributed by atoms with Gasteiger partial charge in [0, 0.05) is 18.6 Å². The van der Waals surface area contributed by atoms with Gasteiger partial charge in [0.2, 0.25) is 0 Å².